The smallest absolute Gasteiger partial charge is 0.341 e. The van der Waals surface area contributed by atoms with Crippen molar-refractivity contribution in [1.29, 1.82) is 0 Å². The molecule has 9 heteroatoms. The molecule has 0 N–H and O–H groups in total. The lowest BCUT2D eigenvalue weighted by Gasteiger charge is -2.26. The molecule has 4 rings (SSSR count). The molecule has 8 nitrogen and oxygen atoms in total. The Bertz CT molecular complexity index is 1180. The van der Waals surface area contributed by atoms with E-state index in [0.29, 0.717) is 49.4 Å². The highest BCUT2D eigenvalue weighted by molar-refractivity contribution is 6.05. The maximum atomic E-state index is 13.6. The quantitative estimate of drug-likeness (QED) is 0.582. The summed E-state index contributed by atoms with van der Waals surface area (Å²) in [5.41, 5.74) is 2.91. The number of anilines is 1. The van der Waals surface area contributed by atoms with Crippen molar-refractivity contribution in [3.05, 3.63) is 53.1 Å². The number of aromatic nitrogens is 3. The summed E-state index contributed by atoms with van der Waals surface area (Å²) in [6.45, 7) is 6.06. The minimum Gasteiger partial charge on any atom is -0.462 e. The molecule has 0 bridgehead atoms. The van der Waals surface area contributed by atoms with Crippen LogP contribution in [0, 0.1) is 12.7 Å². The Morgan fingerprint density at radius 2 is 2.00 bits per heavy atom. The van der Waals surface area contributed by atoms with Gasteiger partial charge in [-0.25, -0.2) is 14.2 Å². The Labute approximate surface area is 185 Å². The minimum absolute atomic E-state index is 0.200. The topological polar surface area (TPSA) is 80.6 Å². The van der Waals surface area contributed by atoms with Gasteiger partial charge >= 0.3 is 5.97 Å². The number of rotatable bonds is 4. The molecule has 0 spiro atoms. The van der Waals surface area contributed by atoms with Gasteiger partial charge in [-0.15, -0.1) is 0 Å². The van der Waals surface area contributed by atoms with Gasteiger partial charge in [-0.05, 0) is 38.5 Å². The van der Waals surface area contributed by atoms with Crippen LogP contribution in [0.15, 0.2) is 30.5 Å². The molecule has 168 valence electrons. The monoisotopic (exact) mass is 439 g/mol. The van der Waals surface area contributed by atoms with Crippen LogP contribution in [0.2, 0.25) is 0 Å². The van der Waals surface area contributed by atoms with Crippen molar-refractivity contribution in [3.63, 3.8) is 0 Å². The zero-order chi connectivity index (χ0) is 22.8. The molecule has 1 saturated heterocycles. The molecule has 1 aromatic carbocycles. The van der Waals surface area contributed by atoms with E-state index in [2.05, 4.69) is 15.0 Å². The maximum absolute atomic E-state index is 13.6. The number of hydrogen-bond donors (Lipinski definition) is 0. The van der Waals surface area contributed by atoms with Gasteiger partial charge in [-0.1, -0.05) is 6.07 Å². The van der Waals surface area contributed by atoms with Crippen LogP contribution >= 0.6 is 0 Å². The number of esters is 1. The van der Waals surface area contributed by atoms with Gasteiger partial charge in [-0.2, -0.15) is 5.10 Å². The normalized spacial score (nSPS) is 14.5. The van der Waals surface area contributed by atoms with Crippen molar-refractivity contribution in [2.45, 2.75) is 20.3 Å². The van der Waals surface area contributed by atoms with Crippen LogP contribution in [0.1, 0.15) is 39.8 Å². The molecule has 0 atom stereocenters. The van der Waals surface area contributed by atoms with Crippen LogP contribution in [0.5, 0.6) is 0 Å². The second-order valence-electron chi connectivity index (χ2n) is 7.79. The highest BCUT2D eigenvalue weighted by Gasteiger charge is 2.27. The third kappa shape index (κ3) is 4.02. The summed E-state index contributed by atoms with van der Waals surface area (Å²) < 4.78 is 20.6. The molecule has 32 heavy (non-hydrogen) atoms. The first-order valence-electron chi connectivity index (χ1n) is 10.7. The fourth-order valence-corrected chi connectivity index (χ4v) is 4.23. The number of pyridine rings is 1. The minimum atomic E-state index is -0.433. The van der Waals surface area contributed by atoms with E-state index >= 15 is 0 Å². The van der Waals surface area contributed by atoms with Crippen molar-refractivity contribution < 1.29 is 18.7 Å². The first-order chi connectivity index (χ1) is 15.4. The summed E-state index contributed by atoms with van der Waals surface area (Å²) in [6.07, 6.45) is 2.24. The van der Waals surface area contributed by atoms with Gasteiger partial charge in [0, 0.05) is 45.0 Å². The zero-order valence-electron chi connectivity index (χ0n) is 18.5. The highest BCUT2D eigenvalue weighted by atomic mass is 19.1. The zero-order valence-corrected chi connectivity index (χ0v) is 18.5. The SMILES string of the molecule is CCOC(=O)c1cnc2c(c(C)nn2C)c1N1CCCN(C(=O)c2cccc(F)c2)CC1. The Balaban J connectivity index is 1.68. The van der Waals surface area contributed by atoms with Crippen LogP contribution in [-0.4, -0.2) is 64.3 Å². The molecule has 0 radical (unpaired) electrons. The molecular weight excluding hydrogens is 413 g/mol. The molecule has 0 saturated carbocycles. The number of hydrogen-bond acceptors (Lipinski definition) is 6. The number of carbonyl (C=O) groups is 2. The summed E-state index contributed by atoms with van der Waals surface area (Å²) in [7, 11) is 1.82. The second kappa shape index (κ2) is 8.94. The van der Waals surface area contributed by atoms with Gasteiger partial charge in [0.1, 0.15) is 11.4 Å². The molecule has 0 unspecified atom stereocenters. The van der Waals surface area contributed by atoms with Crippen LogP contribution in [0.3, 0.4) is 0 Å². The third-order valence-electron chi connectivity index (χ3n) is 5.67. The molecule has 1 aliphatic rings. The summed E-state index contributed by atoms with van der Waals surface area (Å²) in [5, 5.41) is 5.29. The van der Waals surface area contributed by atoms with Crippen molar-refractivity contribution in [2.24, 2.45) is 7.05 Å². The first kappa shape index (κ1) is 21.7. The predicted octanol–water partition coefficient (Wildman–Crippen LogP) is 2.95. The van der Waals surface area contributed by atoms with E-state index in [0.717, 1.165) is 16.8 Å². The highest BCUT2D eigenvalue weighted by Crippen LogP contribution is 2.33. The number of ether oxygens (including phenoxy) is 1. The third-order valence-corrected chi connectivity index (χ3v) is 5.67. The number of aryl methyl sites for hydroxylation is 2. The average molecular weight is 439 g/mol. The Kier molecular flexibility index (Phi) is 6.07. The van der Waals surface area contributed by atoms with Crippen molar-refractivity contribution >= 4 is 28.6 Å². The van der Waals surface area contributed by atoms with Gasteiger partial charge in [0.05, 0.1) is 23.4 Å². The Morgan fingerprint density at radius 3 is 2.75 bits per heavy atom. The predicted molar refractivity (Wildman–Crippen MR) is 118 cm³/mol. The summed E-state index contributed by atoms with van der Waals surface area (Å²) >= 11 is 0. The average Bonchev–Trinajstić information content (AvgIpc) is 2.94. The molecule has 0 aliphatic carbocycles. The standard InChI is InChI=1S/C23H26FN5O3/c1-4-32-23(31)18-14-25-21-19(15(2)26-27(21)3)20(18)28-9-6-10-29(12-11-28)22(30)16-7-5-8-17(24)13-16/h5,7-8,13-14H,4,6,9-12H2,1-3H3. The second-order valence-corrected chi connectivity index (χ2v) is 7.79. The van der Waals surface area contributed by atoms with Crippen LogP contribution in [-0.2, 0) is 11.8 Å². The summed E-state index contributed by atoms with van der Waals surface area (Å²) in [6, 6.07) is 5.74. The number of benzene rings is 1. The van der Waals surface area contributed by atoms with Crippen molar-refractivity contribution in [1.82, 2.24) is 19.7 Å². The Morgan fingerprint density at radius 1 is 1.19 bits per heavy atom. The molecule has 3 heterocycles. The summed E-state index contributed by atoms with van der Waals surface area (Å²) in [4.78, 5) is 33.9. The molecule has 2 aromatic heterocycles. The molecule has 3 aromatic rings. The maximum Gasteiger partial charge on any atom is 0.341 e. The van der Waals surface area contributed by atoms with Gasteiger partial charge in [0.25, 0.3) is 5.91 Å². The number of halogens is 1. The van der Waals surface area contributed by atoms with Crippen molar-refractivity contribution in [2.75, 3.05) is 37.7 Å². The fourth-order valence-electron chi connectivity index (χ4n) is 4.23. The number of nitrogens with zero attached hydrogens (tertiary/aromatic N) is 5. The van der Waals surface area contributed by atoms with E-state index < -0.39 is 11.8 Å². The molecule has 1 amide bonds. The van der Waals surface area contributed by atoms with Gasteiger partial charge in [-0.3, -0.25) is 9.48 Å². The van der Waals surface area contributed by atoms with E-state index in [1.165, 1.54) is 24.4 Å². The molecule has 1 fully saturated rings. The first-order valence-corrected chi connectivity index (χ1v) is 10.7. The van der Waals surface area contributed by atoms with Crippen LogP contribution in [0.4, 0.5) is 10.1 Å². The lowest BCUT2D eigenvalue weighted by molar-refractivity contribution is 0.0526. The lowest BCUT2D eigenvalue weighted by Crippen LogP contribution is -2.35. The van der Waals surface area contributed by atoms with Crippen molar-refractivity contribution in [3.8, 4) is 0 Å². The van der Waals surface area contributed by atoms with E-state index in [4.69, 9.17) is 4.74 Å². The van der Waals surface area contributed by atoms with E-state index in [1.54, 1.807) is 22.6 Å². The summed E-state index contributed by atoms with van der Waals surface area (Å²) in [5.74, 6) is -1.07. The van der Waals surface area contributed by atoms with E-state index in [-0.39, 0.29) is 12.5 Å². The van der Waals surface area contributed by atoms with Crippen LogP contribution in [0.25, 0.3) is 11.0 Å². The van der Waals surface area contributed by atoms with Gasteiger partial charge in [0.2, 0.25) is 0 Å². The molecular formula is C23H26FN5O3. The van der Waals surface area contributed by atoms with E-state index in [9.17, 15) is 14.0 Å². The number of fused-ring (bicyclic) bond motifs is 1. The number of carbonyl (C=O) groups excluding carboxylic acids is 2. The largest absolute Gasteiger partial charge is 0.462 e. The molecule has 1 aliphatic heterocycles. The van der Waals surface area contributed by atoms with Gasteiger partial charge in [0.15, 0.2) is 5.65 Å². The van der Waals surface area contributed by atoms with Gasteiger partial charge < -0.3 is 14.5 Å². The van der Waals surface area contributed by atoms with E-state index in [1.807, 2.05) is 14.0 Å². The number of amides is 1. The fraction of sp³-hybridized carbons (Fsp3) is 0.391. The van der Waals surface area contributed by atoms with Crippen LogP contribution < -0.4 is 4.90 Å². The lowest BCUT2D eigenvalue weighted by atomic mass is 10.1. The Hall–Kier alpha value is -3.49.